The predicted octanol–water partition coefficient (Wildman–Crippen LogP) is 2.34. The molecule has 1 aliphatic heterocycles. The van der Waals surface area contributed by atoms with Crippen molar-refractivity contribution >= 4 is 27.5 Å². The fourth-order valence-electron chi connectivity index (χ4n) is 2.70. The highest BCUT2D eigenvalue weighted by Gasteiger charge is 2.17. The lowest BCUT2D eigenvalue weighted by Crippen LogP contribution is -2.25. The highest BCUT2D eigenvalue weighted by Crippen LogP contribution is 2.37. The van der Waals surface area contributed by atoms with Crippen molar-refractivity contribution in [3.8, 4) is 23.8 Å². The van der Waals surface area contributed by atoms with E-state index in [4.69, 9.17) is 27.5 Å². The molecule has 0 spiro atoms. The number of amides is 1. The first-order valence-corrected chi connectivity index (χ1v) is 10.7. The molecule has 0 aliphatic carbocycles. The third kappa shape index (κ3) is 5.21. The summed E-state index contributed by atoms with van der Waals surface area (Å²) in [5.41, 5.74) is 0.932. The molecule has 0 bridgehead atoms. The van der Waals surface area contributed by atoms with E-state index < -0.39 is 15.9 Å². The zero-order valence-corrected chi connectivity index (χ0v) is 17.0. The molecular formula is C20H19ClN2O5S. The molecule has 0 fully saturated rings. The Morgan fingerprint density at radius 3 is 2.79 bits per heavy atom. The third-order valence-electron chi connectivity index (χ3n) is 4.09. The number of halogens is 1. The molecule has 7 nitrogen and oxygen atoms in total. The molecule has 0 unspecified atom stereocenters. The van der Waals surface area contributed by atoms with Crippen LogP contribution in [-0.2, 0) is 16.6 Å². The second-order valence-electron chi connectivity index (χ2n) is 6.19. The minimum absolute atomic E-state index is 0.0426. The van der Waals surface area contributed by atoms with Gasteiger partial charge in [-0.3, -0.25) is 4.79 Å². The number of nitrogens with one attached hydrogen (secondary N) is 2. The minimum atomic E-state index is -3.79. The standard InChI is InChI=1S/C20H19ClN2O5S/c1-2-7-23-29(25,26)16-6-3-5-15(12-16)20(24)22-13-14-10-17(21)19-18(11-14)27-8-4-9-28-19/h1,3,5-6,10-12,23H,4,7-9,13H2,(H,22,24). The molecule has 0 atom stereocenters. The van der Waals surface area contributed by atoms with E-state index in [2.05, 4.69) is 16.0 Å². The number of hydrogen-bond acceptors (Lipinski definition) is 5. The Bertz CT molecular complexity index is 1060. The molecule has 29 heavy (non-hydrogen) atoms. The van der Waals surface area contributed by atoms with Crippen LogP contribution < -0.4 is 19.5 Å². The maximum absolute atomic E-state index is 12.5. The zero-order valence-electron chi connectivity index (χ0n) is 15.4. The van der Waals surface area contributed by atoms with E-state index in [1.807, 2.05) is 0 Å². The molecule has 0 radical (unpaired) electrons. The molecule has 1 amide bonds. The van der Waals surface area contributed by atoms with Gasteiger partial charge in [-0.1, -0.05) is 23.6 Å². The van der Waals surface area contributed by atoms with Crippen LogP contribution >= 0.6 is 11.6 Å². The first-order valence-electron chi connectivity index (χ1n) is 8.80. The van der Waals surface area contributed by atoms with Crippen LogP contribution in [-0.4, -0.2) is 34.1 Å². The lowest BCUT2D eigenvalue weighted by Gasteiger charge is -2.12. The van der Waals surface area contributed by atoms with Crippen LogP contribution in [0.5, 0.6) is 11.5 Å². The number of sulfonamides is 1. The third-order valence-corrected chi connectivity index (χ3v) is 5.77. The van der Waals surface area contributed by atoms with Crippen molar-refractivity contribution in [2.45, 2.75) is 17.9 Å². The molecule has 152 valence electrons. The van der Waals surface area contributed by atoms with E-state index in [1.54, 1.807) is 12.1 Å². The van der Waals surface area contributed by atoms with Crippen LogP contribution in [0, 0.1) is 12.3 Å². The number of terminal acetylenes is 1. The molecule has 2 aromatic rings. The highest BCUT2D eigenvalue weighted by atomic mass is 35.5. The second kappa shape index (κ2) is 9.18. The molecule has 2 N–H and O–H groups in total. The van der Waals surface area contributed by atoms with Crippen LogP contribution in [0.2, 0.25) is 5.02 Å². The molecule has 3 rings (SSSR count). The number of fused-ring (bicyclic) bond motifs is 1. The van der Waals surface area contributed by atoms with Crippen LogP contribution in [0.1, 0.15) is 22.3 Å². The largest absolute Gasteiger partial charge is 0.489 e. The summed E-state index contributed by atoms with van der Waals surface area (Å²) in [5, 5.41) is 3.15. The van der Waals surface area contributed by atoms with Crippen molar-refractivity contribution in [2.75, 3.05) is 19.8 Å². The van der Waals surface area contributed by atoms with Crippen molar-refractivity contribution in [1.82, 2.24) is 10.0 Å². The Hall–Kier alpha value is -2.73. The van der Waals surface area contributed by atoms with E-state index in [1.165, 1.54) is 24.3 Å². The van der Waals surface area contributed by atoms with Gasteiger partial charge in [0.1, 0.15) is 0 Å². The Morgan fingerprint density at radius 1 is 1.21 bits per heavy atom. The SMILES string of the molecule is C#CCNS(=O)(=O)c1cccc(C(=O)NCc2cc(Cl)c3c(c2)OCCCO3)c1. The van der Waals surface area contributed by atoms with Gasteiger partial charge in [0.25, 0.3) is 5.91 Å². The van der Waals surface area contributed by atoms with Gasteiger partial charge < -0.3 is 14.8 Å². The molecular weight excluding hydrogens is 416 g/mol. The second-order valence-corrected chi connectivity index (χ2v) is 8.37. The fraction of sp³-hybridized carbons (Fsp3) is 0.250. The van der Waals surface area contributed by atoms with E-state index >= 15 is 0 Å². The number of carbonyl (C=O) groups excluding carboxylic acids is 1. The summed E-state index contributed by atoms with van der Waals surface area (Å²) >= 11 is 6.26. The van der Waals surface area contributed by atoms with Gasteiger partial charge >= 0.3 is 0 Å². The van der Waals surface area contributed by atoms with Crippen molar-refractivity contribution in [1.29, 1.82) is 0 Å². The van der Waals surface area contributed by atoms with E-state index in [0.717, 1.165) is 12.0 Å². The van der Waals surface area contributed by atoms with Gasteiger partial charge in [0, 0.05) is 18.5 Å². The summed E-state index contributed by atoms with van der Waals surface area (Å²) in [5.74, 6) is 2.80. The monoisotopic (exact) mass is 434 g/mol. The maximum atomic E-state index is 12.5. The Labute approximate surface area is 174 Å². The average molecular weight is 435 g/mol. The van der Waals surface area contributed by atoms with E-state index in [0.29, 0.717) is 29.7 Å². The maximum Gasteiger partial charge on any atom is 0.251 e. The minimum Gasteiger partial charge on any atom is -0.489 e. The number of benzene rings is 2. The number of hydrogen-bond donors (Lipinski definition) is 2. The predicted molar refractivity (Wildman–Crippen MR) is 109 cm³/mol. The van der Waals surface area contributed by atoms with Gasteiger partial charge in [-0.15, -0.1) is 6.42 Å². The zero-order chi connectivity index (χ0) is 20.9. The molecule has 1 aliphatic rings. The summed E-state index contributed by atoms with van der Waals surface area (Å²) in [7, 11) is -3.79. The highest BCUT2D eigenvalue weighted by molar-refractivity contribution is 7.89. The topological polar surface area (TPSA) is 93.7 Å². The van der Waals surface area contributed by atoms with Crippen molar-refractivity contribution < 1.29 is 22.7 Å². The first kappa shape index (κ1) is 21.0. The molecule has 0 saturated heterocycles. The molecule has 1 heterocycles. The molecule has 0 saturated carbocycles. The average Bonchev–Trinajstić information content (AvgIpc) is 2.96. The summed E-state index contributed by atoms with van der Waals surface area (Å²) < 4.78 is 37.8. The van der Waals surface area contributed by atoms with Crippen LogP contribution in [0.3, 0.4) is 0 Å². The normalized spacial score (nSPS) is 13.2. The lowest BCUT2D eigenvalue weighted by atomic mass is 10.1. The van der Waals surface area contributed by atoms with Gasteiger partial charge in [-0.25, -0.2) is 8.42 Å². The lowest BCUT2D eigenvalue weighted by molar-refractivity contribution is 0.0950. The van der Waals surface area contributed by atoms with Gasteiger partial charge in [-0.05, 0) is 35.9 Å². The van der Waals surface area contributed by atoms with Gasteiger partial charge in [0.05, 0.1) is 29.7 Å². The summed E-state index contributed by atoms with van der Waals surface area (Å²) in [6.07, 6.45) is 5.84. The summed E-state index contributed by atoms with van der Waals surface area (Å²) in [6, 6.07) is 9.14. The van der Waals surface area contributed by atoms with Crippen molar-refractivity contribution in [3.63, 3.8) is 0 Å². The van der Waals surface area contributed by atoms with Gasteiger partial charge in [0.2, 0.25) is 10.0 Å². The smallest absolute Gasteiger partial charge is 0.251 e. The molecule has 9 heteroatoms. The van der Waals surface area contributed by atoms with Crippen molar-refractivity contribution in [3.05, 3.63) is 52.5 Å². The summed E-state index contributed by atoms with van der Waals surface area (Å²) in [6.45, 7) is 1.09. The number of ether oxygens (including phenoxy) is 2. The van der Waals surface area contributed by atoms with E-state index in [9.17, 15) is 13.2 Å². The van der Waals surface area contributed by atoms with Gasteiger partial charge in [-0.2, -0.15) is 4.72 Å². The van der Waals surface area contributed by atoms with Crippen molar-refractivity contribution in [2.24, 2.45) is 0 Å². The quantitative estimate of drug-likeness (QED) is 0.680. The molecule has 0 aromatic heterocycles. The van der Waals surface area contributed by atoms with E-state index in [-0.39, 0.29) is 23.5 Å². The first-order chi connectivity index (χ1) is 13.9. The molecule has 2 aromatic carbocycles. The van der Waals surface area contributed by atoms with Crippen LogP contribution in [0.15, 0.2) is 41.3 Å². The van der Waals surface area contributed by atoms with Gasteiger partial charge in [0.15, 0.2) is 11.5 Å². The van der Waals surface area contributed by atoms with Crippen LogP contribution in [0.25, 0.3) is 0 Å². The Balaban J connectivity index is 1.72. The number of rotatable bonds is 6. The fourth-order valence-corrected chi connectivity index (χ4v) is 3.96. The van der Waals surface area contributed by atoms with Crippen LogP contribution in [0.4, 0.5) is 0 Å². The number of carbonyl (C=O) groups is 1. The summed E-state index contributed by atoms with van der Waals surface area (Å²) in [4.78, 5) is 12.4. The Kier molecular flexibility index (Phi) is 6.64. The Morgan fingerprint density at radius 2 is 2.00 bits per heavy atom.